The van der Waals surface area contributed by atoms with Gasteiger partial charge in [-0.15, -0.1) is 0 Å². The molecule has 0 aliphatic carbocycles. The molecule has 10 aromatic rings. The molecule has 0 saturated carbocycles. The summed E-state index contributed by atoms with van der Waals surface area (Å²) in [5, 5.41) is 5.93. The van der Waals surface area contributed by atoms with Gasteiger partial charge in [0.05, 0.1) is 16.9 Å². The fourth-order valence-corrected chi connectivity index (χ4v) is 7.62. The van der Waals surface area contributed by atoms with Gasteiger partial charge in [-0.3, -0.25) is 9.97 Å². The number of nitrogens with zero attached hydrogens (tertiary/aromatic N) is 4. The molecule has 3 aromatic heterocycles. The molecule has 0 aliphatic heterocycles. The van der Waals surface area contributed by atoms with Crippen molar-refractivity contribution >= 4 is 32.4 Å². The van der Waals surface area contributed by atoms with Crippen LogP contribution in [0.3, 0.4) is 0 Å². The van der Waals surface area contributed by atoms with Crippen molar-refractivity contribution in [2.24, 2.45) is 0 Å². The lowest BCUT2D eigenvalue weighted by Gasteiger charge is -2.18. The second kappa shape index (κ2) is 13.4. The van der Waals surface area contributed by atoms with Gasteiger partial charge in [-0.2, -0.15) is 0 Å². The third-order valence-electron chi connectivity index (χ3n) is 10.2. The van der Waals surface area contributed by atoms with Crippen molar-refractivity contribution in [3.05, 3.63) is 195 Å². The van der Waals surface area contributed by atoms with Crippen LogP contribution in [0.2, 0.25) is 0 Å². The van der Waals surface area contributed by atoms with Crippen molar-refractivity contribution in [2.75, 3.05) is 0 Å². The molecule has 0 radical (unpaired) electrons. The molecule has 0 unspecified atom stereocenters. The van der Waals surface area contributed by atoms with Gasteiger partial charge in [0.15, 0.2) is 5.82 Å². The molecule has 0 amide bonds. The molecule has 0 bridgehead atoms. The third-order valence-corrected chi connectivity index (χ3v) is 10.2. The van der Waals surface area contributed by atoms with Crippen LogP contribution >= 0.6 is 0 Å². The Morgan fingerprint density at radius 2 is 0.907 bits per heavy atom. The first-order chi connectivity index (χ1) is 26.8. The van der Waals surface area contributed by atoms with E-state index in [0.29, 0.717) is 5.82 Å². The average Bonchev–Trinajstić information content (AvgIpc) is 3.26. The maximum Gasteiger partial charge on any atom is 0.160 e. The number of para-hydroxylation sites is 1. The molecule has 4 heteroatoms. The third kappa shape index (κ3) is 5.67. The minimum absolute atomic E-state index is 0.656. The zero-order valence-electron chi connectivity index (χ0n) is 29.3. The average molecular weight is 689 g/mol. The van der Waals surface area contributed by atoms with Gasteiger partial charge in [-0.25, -0.2) is 9.97 Å². The van der Waals surface area contributed by atoms with Crippen molar-refractivity contribution in [1.82, 2.24) is 19.9 Å². The predicted octanol–water partition coefficient (Wildman–Crippen LogP) is 12.7. The Morgan fingerprint density at radius 3 is 1.61 bits per heavy atom. The lowest BCUT2D eigenvalue weighted by molar-refractivity contribution is 1.18. The molecule has 4 nitrogen and oxygen atoms in total. The van der Waals surface area contributed by atoms with Gasteiger partial charge in [0.25, 0.3) is 0 Å². The number of hydrogen-bond donors (Lipinski definition) is 0. The summed E-state index contributed by atoms with van der Waals surface area (Å²) in [6.07, 6.45) is 5.59. The zero-order valence-corrected chi connectivity index (χ0v) is 29.3. The zero-order chi connectivity index (χ0) is 35.8. The van der Waals surface area contributed by atoms with Gasteiger partial charge in [-0.05, 0) is 85.3 Å². The van der Waals surface area contributed by atoms with Gasteiger partial charge < -0.3 is 0 Å². The Balaban J connectivity index is 1.16. The maximum atomic E-state index is 5.23. The van der Waals surface area contributed by atoms with Crippen LogP contribution in [0.4, 0.5) is 0 Å². The number of aromatic nitrogens is 4. The second-order valence-electron chi connectivity index (χ2n) is 13.5. The molecule has 7 aromatic carbocycles. The van der Waals surface area contributed by atoms with Crippen LogP contribution < -0.4 is 0 Å². The summed E-state index contributed by atoms with van der Waals surface area (Å²) in [5.74, 6) is 0.656. The number of rotatable bonds is 6. The second-order valence-corrected chi connectivity index (χ2v) is 13.5. The van der Waals surface area contributed by atoms with Crippen molar-refractivity contribution in [1.29, 1.82) is 0 Å². The largest absolute Gasteiger partial charge is 0.264 e. The fraction of sp³-hybridized carbons (Fsp3) is 0. The topological polar surface area (TPSA) is 51.6 Å². The van der Waals surface area contributed by atoms with E-state index in [-0.39, 0.29) is 0 Å². The van der Waals surface area contributed by atoms with E-state index in [1.54, 1.807) is 6.20 Å². The highest BCUT2D eigenvalue weighted by molar-refractivity contribution is 6.21. The summed E-state index contributed by atoms with van der Waals surface area (Å²) in [5.41, 5.74) is 12.4. The maximum absolute atomic E-state index is 5.23. The van der Waals surface area contributed by atoms with Crippen molar-refractivity contribution in [3.63, 3.8) is 0 Å². The Bertz CT molecular complexity index is 2920. The van der Waals surface area contributed by atoms with Crippen molar-refractivity contribution in [3.8, 4) is 67.3 Å². The van der Waals surface area contributed by atoms with E-state index in [2.05, 4.69) is 157 Å². The van der Waals surface area contributed by atoms with Crippen molar-refractivity contribution < 1.29 is 0 Å². The predicted molar refractivity (Wildman–Crippen MR) is 223 cm³/mol. The van der Waals surface area contributed by atoms with Gasteiger partial charge >= 0.3 is 0 Å². The molecule has 0 atom stereocenters. The smallest absolute Gasteiger partial charge is 0.160 e. The summed E-state index contributed by atoms with van der Waals surface area (Å²) >= 11 is 0. The molecule has 0 N–H and O–H groups in total. The van der Waals surface area contributed by atoms with Gasteiger partial charge in [0, 0.05) is 40.7 Å². The molecule has 54 heavy (non-hydrogen) atoms. The molecule has 0 fully saturated rings. The molecular weight excluding hydrogens is 657 g/mol. The molecule has 252 valence electrons. The molecule has 0 spiro atoms. The SMILES string of the molecule is c1ccc(-c2c3ccccc3c(-c3cccc(-c4nc(-c5ccc(-c6cccnc6)cc5)cc(-c5cnc6ccccc6c5)n4)c3)c3ccccc23)cc1. The first-order valence-electron chi connectivity index (χ1n) is 18.1. The van der Waals surface area contributed by atoms with E-state index in [1.165, 1.54) is 38.2 Å². The molecule has 3 heterocycles. The number of pyridine rings is 2. The highest BCUT2D eigenvalue weighted by Gasteiger charge is 2.18. The molecule has 10 rings (SSSR count). The Labute approximate surface area is 313 Å². The summed E-state index contributed by atoms with van der Waals surface area (Å²) < 4.78 is 0. The van der Waals surface area contributed by atoms with Crippen LogP contribution in [0.25, 0.3) is 99.7 Å². The Kier molecular flexibility index (Phi) is 7.77. The van der Waals surface area contributed by atoms with Crippen LogP contribution in [0.5, 0.6) is 0 Å². The molecule has 0 aliphatic rings. The minimum atomic E-state index is 0.656. The molecule has 0 saturated heterocycles. The van der Waals surface area contributed by atoms with Crippen LogP contribution in [0.1, 0.15) is 0 Å². The summed E-state index contributed by atoms with van der Waals surface area (Å²) in [6.45, 7) is 0. The lowest BCUT2D eigenvalue weighted by atomic mass is 9.85. The van der Waals surface area contributed by atoms with Gasteiger partial charge in [0.2, 0.25) is 0 Å². The summed E-state index contributed by atoms with van der Waals surface area (Å²) in [7, 11) is 0. The lowest BCUT2D eigenvalue weighted by Crippen LogP contribution is -1.97. The Hall–Kier alpha value is -7.30. The van der Waals surface area contributed by atoms with Gasteiger partial charge in [0.1, 0.15) is 0 Å². The first-order valence-corrected chi connectivity index (χ1v) is 18.1. The molecular formula is C50H32N4. The monoisotopic (exact) mass is 688 g/mol. The van der Waals surface area contributed by atoms with Gasteiger partial charge in [-0.1, -0.05) is 146 Å². The van der Waals surface area contributed by atoms with E-state index in [1.807, 2.05) is 36.7 Å². The van der Waals surface area contributed by atoms with E-state index < -0.39 is 0 Å². The Morgan fingerprint density at radius 1 is 0.333 bits per heavy atom. The number of benzene rings is 7. The summed E-state index contributed by atoms with van der Waals surface area (Å²) in [6, 6.07) is 61.8. The standard InChI is InChI=1S/C50H32N4/c1-2-12-35(13-3-1)48-41-18-5-7-20-43(41)49(44-21-8-6-19-42(44)48)37-15-10-16-38(29-37)50-53-46(34-25-23-33(24-26-34)39-17-11-27-51-31-39)30-47(54-50)40-28-36-14-4-9-22-45(36)52-32-40/h1-32H. The van der Waals surface area contributed by atoms with E-state index in [9.17, 15) is 0 Å². The van der Waals surface area contributed by atoms with Crippen LogP contribution in [-0.4, -0.2) is 19.9 Å². The highest BCUT2D eigenvalue weighted by Crippen LogP contribution is 2.44. The van der Waals surface area contributed by atoms with E-state index in [4.69, 9.17) is 15.0 Å². The number of fused-ring (bicyclic) bond motifs is 3. The van der Waals surface area contributed by atoms with Crippen LogP contribution in [-0.2, 0) is 0 Å². The minimum Gasteiger partial charge on any atom is -0.264 e. The van der Waals surface area contributed by atoms with Crippen LogP contribution in [0, 0.1) is 0 Å². The van der Waals surface area contributed by atoms with E-state index in [0.717, 1.165) is 55.7 Å². The highest BCUT2D eigenvalue weighted by atomic mass is 14.9. The quantitative estimate of drug-likeness (QED) is 0.163. The number of hydrogen-bond acceptors (Lipinski definition) is 4. The van der Waals surface area contributed by atoms with Crippen LogP contribution in [0.15, 0.2) is 195 Å². The first kappa shape index (κ1) is 31.4. The van der Waals surface area contributed by atoms with E-state index >= 15 is 0 Å². The normalized spacial score (nSPS) is 11.3. The fourth-order valence-electron chi connectivity index (χ4n) is 7.62. The summed E-state index contributed by atoms with van der Waals surface area (Å²) in [4.78, 5) is 19.5. The van der Waals surface area contributed by atoms with Crippen molar-refractivity contribution in [2.45, 2.75) is 0 Å².